The minimum absolute atomic E-state index is 0.481. The molecule has 2 aromatic heterocycles. The summed E-state index contributed by atoms with van der Waals surface area (Å²) < 4.78 is 0. The van der Waals surface area contributed by atoms with Crippen molar-refractivity contribution in [2.75, 3.05) is 5.32 Å². The van der Waals surface area contributed by atoms with E-state index >= 15 is 0 Å². The summed E-state index contributed by atoms with van der Waals surface area (Å²) >= 11 is 6.09. The first-order valence-electron chi connectivity index (χ1n) is 7.40. The highest BCUT2D eigenvalue weighted by Crippen LogP contribution is 2.38. The van der Waals surface area contributed by atoms with Gasteiger partial charge in [-0.3, -0.25) is 4.98 Å². The molecule has 4 rings (SSSR count). The second-order valence-corrected chi connectivity index (χ2v) is 5.93. The molecule has 1 aliphatic carbocycles. The lowest BCUT2D eigenvalue weighted by atomic mass is 10.1. The second kappa shape index (κ2) is 5.54. The summed E-state index contributed by atoms with van der Waals surface area (Å²) in [6.07, 6.45) is 4.15. The van der Waals surface area contributed by atoms with E-state index in [2.05, 4.69) is 32.4 Å². The van der Waals surface area contributed by atoms with Crippen LogP contribution in [0.5, 0.6) is 0 Å². The normalized spacial score (nSPS) is 14.2. The van der Waals surface area contributed by atoms with Crippen LogP contribution in [-0.2, 0) is 6.54 Å². The Hall–Kier alpha value is -2.20. The number of nitrogens with zero attached hydrogens (tertiary/aromatic N) is 3. The van der Waals surface area contributed by atoms with E-state index in [-0.39, 0.29) is 0 Å². The summed E-state index contributed by atoms with van der Waals surface area (Å²) in [4.78, 5) is 13.3. The maximum Gasteiger partial charge on any atom is 0.135 e. The number of anilines is 1. The molecule has 1 fully saturated rings. The van der Waals surface area contributed by atoms with Crippen LogP contribution in [-0.4, -0.2) is 15.0 Å². The first-order valence-corrected chi connectivity index (χ1v) is 7.78. The Morgan fingerprint density at radius 2 is 2.00 bits per heavy atom. The van der Waals surface area contributed by atoms with Crippen LogP contribution >= 0.6 is 11.6 Å². The van der Waals surface area contributed by atoms with E-state index in [0.29, 0.717) is 17.6 Å². The van der Waals surface area contributed by atoms with Crippen molar-refractivity contribution >= 4 is 28.2 Å². The number of halogens is 1. The van der Waals surface area contributed by atoms with Gasteiger partial charge < -0.3 is 5.32 Å². The summed E-state index contributed by atoms with van der Waals surface area (Å²) in [5, 5.41) is 6.15. The average molecular weight is 311 g/mol. The van der Waals surface area contributed by atoms with Crippen molar-refractivity contribution in [3.05, 3.63) is 59.3 Å². The van der Waals surface area contributed by atoms with Crippen molar-refractivity contribution in [1.29, 1.82) is 0 Å². The van der Waals surface area contributed by atoms with Gasteiger partial charge in [0.2, 0.25) is 0 Å². The van der Waals surface area contributed by atoms with Crippen molar-refractivity contribution < 1.29 is 0 Å². The molecule has 0 unspecified atom stereocenters. The van der Waals surface area contributed by atoms with E-state index in [1.807, 2.05) is 24.4 Å². The first kappa shape index (κ1) is 13.5. The Morgan fingerprint density at radius 1 is 1.14 bits per heavy atom. The molecule has 1 aliphatic rings. The fourth-order valence-electron chi connectivity index (χ4n) is 2.55. The molecule has 0 radical (unpaired) electrons. The lowest BCUT2D eigenvalue weighted by molar-refractivity contribution is 0.918. The molecule has 3 aromatic rings. The zero-order chi connectivity index (χ0) is 14.9. The molecule has 2 heterocycles. The molecule has 0 saturated heterocycles. The van der Waals surface area contributed by atoms with Gasteiger partial charge in [0.1, 0.15) is 16.8 Å². The maximum atomic E-state index is 6.09. The third kappa shape index (κ3) is 2.74. The largest absolute Gasteiger partial charge is 0.364 e. The Morgan fingerprint density at radius 3 is 2.86 bits per heavy atom. The Kier molecular flexibility index (Phi) is 3.39. The molecule has 110 valence electrons. The minimum Gasteiger partial charge on any atom is -0.364 e. The van der Waals surface area contributed by atoms with E-state index in [0.717, 1.165) is 35.6 Å². The van der Waals surface area contributed by atoms with Crippen molar-refractivity contribution in [3.8, 4) is 0 Å². The molecule has 0 spiro atoms. The van der Waals surface area contributed by atoms with E-state index in [1.54, 1.807) is 6.07 Å². The van der Waals surface area contributed by atoms with E-state index in [1.165, 1.54) is 5.39 Å². The fraction of sp³-hybridized carbons (Fsp3) is 0.235. The van der Waals surface area contributed by atoms with Crippen molar-refractivity contribution in [2.45, 2.75) is 25.3 Å². The first-order chi connectivity index (χ1) is 10.8. The number of hydrogen-bond acceptors (Lipinski definition) is 4. The number of rotatable bonds is 4. The number of hydrogen-bond donors (Lipinski definition) is 1. The fourth-order valence-corrected chi connectivity index (χ4v) is 2.74. The summed E-state index contributed by atoms with van der Waals surface area (Å²) in [7, 11) is 0. The number of fused-ring (bicyclic) bond motifs is 1. The maximum absolute atomic E-state index is 6.09. The molecule has 0 amide bonds. The highest BCUT2D eigenvalue weighted by atomic mass is 35.5. The molecule has 5 heteroatoms. The third-order valence-corrected chi connectivity index (χ3v) is 4.04. The van der Waals surface area contributed by atoms with Gasteiger partial charge in [-0.25, -0.2) is 9.97 Å². The van der Waals surface area contributed by atoms with Gasteiger partial charge in [-0.05, 0) is 24.3 Å². The van der Waals surface area contributed by atoms with Gasteiger partial charge in [0.15, 0.2) is 0 Å². The summed E-state index contributed by atoms with van der Waals surface area (Å²) in [5.74, 6) is 2.09. The Bertz CT molecular complexity index is 825. The predicted molar refractivity (Wildman–Crippen MR) is 88.1 cm³/mol. The molecule has 0 atom stereocenters. The van der Waals surface area contributed by atoms with Crippen molar-refractivity contribution in [2.24, 2.45) is 0 Å². The molecule has 22 heavy (non-hydrogen) atoms. The van der Waals surface area contributed by atoms with Crippen LogP contribution in [0.1, 0.15) is 30.3 Å². The SMILES string of the molecule is Clc1cc(NCc2nccc3ccccc23)nc(C2CC2)n1. The third-order valence-electron chi connectivity index (χ3n) is 3.85. The quantitative estimate of drug-likeness (QED) is 0.735. The van der Waals surface area contributed by atoms with Crippen LogP contribution in [0.2, 0.25) is 5.15 Å². The molecule has 1 saturated carbocycles. The predicted octanol–water partition coefficient (Wildman–Crippen LogP) is 4.17. The zero-order valence-corrected chi connectivity index (χ0v) is 12.7. The second-order valence-electron chi connectivity index (χ2n) is 5.54. The number of aromatic nitrogens is 3. The van der Waals surface area contributed by atoms with Gasteiger partial charge in [0.25, 0.3) is 0 Å². The van der Waals surface area contributed by atoms with Crippen LogP contribution in [0, 0.1) is 0 Å². The monoisotopic (exact) mass is 310 g/mol. The van der Waals surface area contributed by atoms with Crippen molar-refractivity contribution in [1.82, 2.24) is 15.0 Å². The van der Waals surface area contributed by atoms with Crippen molar-refractivity contribution in [3.63, 3.8) is 0 Å². The van der Waals surface area contributed by atoms with Gasteiger partial charge in [0.05, 0.1) is 12.2 Å². The summed E-state index contributed by atoms with van der Waals surface area (Å²) in [5.41, 5.74) is 1.00. The molecule has 1 aromatic carbocycles. The van der Waals surface area contributed by atoms with Gasteiger partial charge in [0, 0.05) is 23.6 Å². The van der Waals surface area contributed by atoms with Gasteiger partial charge in [-0.2, -0.15) is 0 Å². The van der Waals surface area contributed by atoms with E-state index in [4.69, 9.17) is 11.6 Å². The molecular formula is C17H15ClN4. The molecule has 0 aliphatic heterocycles. The number of nitrogens with one attached hydrogen (secondary N) is 1. The lowest BCUT2D eigenvalue weighted by Gasteiger charge is -2.09. The Balaban J connectivity index is 1.59. The lowest BCUT2D eigenvalue weighted by Crippen LogP contribution is -2.06. The highest BCUT2D eigenvalue weighted by Gasteiger charge is 2.27. The zero-order valence-electron chi connectivity index (χ0n) is 12.0. The number of benzene rings is 1. The van der Waals surface area contributed by atoms with Gasteiger partial charge in [-0.1, -0.05) is 35.9 Å². The average Bonchev–Trinajstić information content (AvgIpc) is 3.37. The van der Waals surface area contributed by atoms with Crippen LogP contribution in [0.4, 0.5) is 5.82 Å². The minimum atomic E-state index is 0.481. The summed E-state index contributed by atoms with van der Waals surface area (Å²) in [6, 6.07) is 12.0. The van der Waals surface area contributed by atoms with Gasteiger partial charge in [-0.15, -0.1) is 0 Å². The standard InChI is InChI=1S/C17H15ClN4/c18-15-9-16(22-17(21-15)12-5-6-12)20-10-14-13-4-2-1-3-11(13)7-8-19-14/h1-4,7-9,12H,5-6,10H2,(H,20,21,22). The van der Waals surface area contributed by atoms with Crippen LogP contribution in [0.3, 0.4) is 0 Å². The topological polar surface area (TPSA) is 50.7 Å². The number of pyridine rings is 1. The van der Waals surface area contributed by atoms with Crippen LogP contribution in [0.25, 0.3) is 10.8 Å². The Labute approximate surface area is 133 Å². The van der Waals surface area contributed by atoms with Crippen LogP contribution < -0.4 is 5.32 Å². The molecule has 0 bridgehead atoms. The van der Waals surface area contributed by atoms with E-state index < -0.39 is 0 Å². The highest BCUT2D eigenvalue weighted by molar-refractivity contribution is 6.29. The van der Waals surface area contributed by atoms with Crippen LogP contribution in [0.15, 0.2) is 42.6 Å². The molecule has 4 nitrogen and oxygen atoms in total. The molecular weight excluding hydrogens is 296 g/mol. The van der Waals surface area contributed by atoms with Gasteiger partial charge >= 0.3 is 0 Å². The summed E-state index contributed by atoms with van der Waals surface area (Å²) in [6.45, 7) is 0.610. The smallest absolute Gasteiger partial charge is 0.135 e. The van der Waals surface area contributed by atoms with E-state index in [9.17, 15) is 0 Å². The molecule has 1 N–H and O–H groups in total.